The first-order chi connectivity index (χ1) is 4.04. The summed E-state index contributed by atoms with van der Waals surface area (Å²) in [6.45, 7) is 0. The molecule has 0 aliphatic heterocycles. The molecule has 0 spiro atoms. The second-order valence-corrected chi connectivity index (χ2v) is 2.51. The molecule has 5 heteroatoms. The van der Waals surface area contributed by atoms with Gasteiger partial charge in [-0.3, -0.25) is 5.41 Å². The summed E-state index contributed by atoms with van der Waals surface area (Å²) in [6, 6.07) is 0. The van der Waals surface area contributed by atoms with Gasteiger partial charge in [0.1, 0.15) is 0 Å². The molecule has 0 aromatic carbocycles. The normalized spacial score (nSPS) is 11.1. The number of rotatable bonds is 2. The summed E-state index contributed by atoms with van der Waals surface area (Å²) in [5.41, 5.74) is 0. The zero-order valence-corrected chi connectivity index (χ0v) is 6.58. The zero-order chi connectivity index (χ0) is 7.49. The average molecular weight is 172 g/mol. The van der Waals surface area contributed by atoms with Crippen molar-refractivity contribution in [1.29, 1.82) is 5.41 Å². The Morgan fingerprint density at radius 2 is 1.89 bits per heavy atom. The van der Waals surface area contributed by atoms with Crippen molar-refractivity contribution in [2.75, 3.05) is 14.2 Å². The Hall–Kier alpha value is 0.01000. The number of hydrogen-bond acceptors (Lipinski definition) is 3. The van der Waals surface area contributed by atoms with Gasteiger partial charge < -0.3 is 9.47 Å². The van der Waals surface area contributed by atoms with E-state index in [4.69, 9.17) is 28.6 Å². The maximum Gasteiger partial charge on any atom is 0.295 e. The van der Waals surface area contributed by atoms with E-state index in [1.54, 1.807) is 0 Å². The first-order valence-electron chi connectivity index (χ1n) is 2.10. The SMILES string of the molecule is COC(=N)C(Cl)(Cl)OC. The predicted octanol–water partition coefficient (Wildman–Crippen LogP) is 1.39. The van der Waals surface area contributed by atoms with Crippen molar-refractivity contribution in [3.05, 3.63) is 0 Å². The number of nitrogens with one attached hydrogen (secondary N) is 1. The Bertz CT molecular complexity index is 115. The van der Waals surface area contributed by atoms with Crippen molar-refractivity contribution < 1.29 is 9.47 Å². The minimum Gasteiger partial charge on any atom is -0.481 e. The number of alkyl halides is 2. The van der Waals surface area contributed by atoms with Crippen LogP contribution in [0.4, 0.5) is 0 Å². The molecule has 9 heavy (non-hydrogen) atoms. The maximum atomic E-state index is 6.93. The van der Waals surface area contributed by atoms with Gasteiger partial charge in [0.2, 0.25) is 5.90 Å². The molecule has 0 saturated heterocycles. The lowest BCUT2D eigenvalue weighted by molar-refractivity contribution is 0.159. The van der Waals surface area contributed by atoms with E-state index in [9.17, 15) is 0 Å². The number of ether oxygens (including phenoxy) is 2. The predicted molar refractivity (Wildman–Crippen MR) is 36.2 cm³/mol. The minimum absolute atomic E-state index is 0.326. The third kappa shape index (κ3) is 2.39. The largest absolute Gasteiger partial charge is 0.481 e. The van der Waals surface area contributed by atoms with Crippen molar-refractivity contribution in [1.82, 2.24) is 0 Å². The Kier molecular flexibility index (Phi) is 3.25. The summed E-state index contributed by atoms with van der Waals surface area (Å²) < 4.78 is 7.23. The summed E-state index contributed by atoms with van der Waals surface area (Å²) in [5, 5.41) is 6.93. The molecule has 0 aromatic heterocycles. The van der Waals surface area contributed by atoms with Crippen molar-refractivity contribution >= 4 is 29.1 Å². The van der Waals surface area contributed by atoms with E-state index in [-0.39, 0.29) is 5.90 Å². The molecule has 0 saturated carbocycles. The zero-order valence-electron chi connectivity index (χ0n) is 5.07. The Morgan fingerprint density at radius 3 is 2.00 bits per heavy atom. The Labute approximate surface area is 63.4 Å². The third-order valence-electron chi connectivity index (χ3n) is 0.725. The molecule has 0 aliphatic carbocycles. The van der Waals surface area contributed by atoms with Crippen LogP contribution >= 0.6 is 23.2 Å². The van der Waals surface area contributed by atoms with E-state index in [2.05, 4.69) is 9.47 Å². The van der Waals surface area contributed by atoms with Crippen LogP contribution < -0.4 is 0 Å². The summed E-state index contributed by atoms with van der Waals surface area (Å²) in [5.74, 6) is -0.326. The molecule has 0 unspecified atom stereocenters. The summed E-state index contributed by atoms with van der Waals surface area (Å²) >= 11 is 10.7. The van der Waals surface area contributed by atoms with Gasteiger partial charge in [0.05, 0.1) is 7.11 Å². The van der Waals surface area contributed by atoms with Crippen LogP contribution in [0.15, 0.2) is 0 Å². The van der Waals surface area contributed by atoms with E-state index < -0.39 is 4.52 Å². The van der Waals surface area contributed by atoms with Crippen LogP contribution in [-0.2, 0) is 9.47 Å². The first-order valence-corrected chi connectivity index (χ1v) is 2.86. The van der Waals surface area contributed by atoms with Crippen LogP contribution in [0.5, 0.6) is 0 Å². The molecule has 0 radical (unpaired) electrons. The van der Waals surface area contributed by atoms with Crippen LogP contribution in [-0.4, -0.2) is 24.6 Å². The average Bonchev–Trinajstić information content (AvgIpc) is 1.86. The molecule has 3 nitrogen and oxygen atoms in total. The van der Waals surface area contributed by atoms with Crippen LogP contribution in [0, 0.1) is 5.41 Å². The molecule has 0 aliphatic rings. The lowest BCUT2D eigenvalue weighted by Gasteiger charge is -2.15. The highest BCUT2D eigenvalue weighted by atomic mass is 35.5. The molecule has 0 heterocycles. The van der Waals surface area contributed by atoms with Gasteiger partial charge in [-0.2, -0.15) is 0 Å². The highest BCUT2D eigenvalue weighted by Gasteiger charge is 2.30. The van der Waals surface area contributed by atoms with Gasteiger partial charge in [-0.1, -0.05) is 23.2 Å². The molecule has 0 fully saturated rings. The lowest BCUT2D eigenvalue weighted by Crippen LogP contribution is -2.28. The number of methoxy groups -OCH3 is 2. The quantitative estimate of drug-likeness (QED) is 0.388. The summed E-state index contributed by atoms with van der Waals surface area (Å²) in [6.07, 6.45) is 0. The molecule has 0 bridgehead atoms. The monoisotopic (exact) mass is 171 g/mol. The molecule has 0 aromatic rings. The van der Waals surface area contributed by atoms with E-state index in [1.165, 1.54) is 14.2 Å². The fraction of sp³-hybridized carbons (Fsp3) is 0.750. The smallest absolute Gasteiger partial charge is 0.295 e. The second-order valence-electron chi connectivity index (χ2n) is 1.25. The van der Waals surface area contributed by atoms with E-state index in [1.807, 2.05) is 0 Å². The fourth-order valence-corrected chi connectivity index (χ4v) is 0.366. The molecule has 0 atom stereocenters. The van der Waals surface area contributed by atoms with Gasteiger partial charge in [0.25, 0.3) is 4.52 Å². The summed E-state index contributed by atoms with van der Waals surface area (Å²) in [7, 11) is 2.58. The third-order valence-corrected chi connectivity index (χ3v) is 1.38. The topological polar surface area (TPSA) is 42.3 Å². The van der Waals surface area contributed by atoms with Gasteiger partial charge in [0, 0.05) is 7.11 Å². The highest BCUT2D eigenvalue weighted by molar-refractivity contribution is 6.56. The van der Waals surface area contributed by atoms with E-state index >= 15 is 0 Å². The van der Waals surface area contributed by atoms with E-state index in [0.717, 1.165) is 0 Å². The molecule has 54 valence electrons. The van der Waals surface area contributed by atoms with Gasteiger partial charge >= 0.3 is 0 Å². The van der Waals surface area contributed by atoms with Crippen molar-refractivity contribution in [3.8, 4) is 0 Å². The van der Waals surface area contributed by atoms with Crippen LogP contribution in [0.25, 0.3) is 0 Å². The standard InChI is InChI=1S/C4H7Cl2NO2/c1-8-3(7)4(5,6)9-2/h7H,1-2H3. The van der Waals surface area contributed by atoms with E-state index in [0.29, 0.717) is 0 Å². The maximum absolute atomic E-state index is 6.93. The van der Waals surface area contributed by atoms with Crippen molar-refractivity contribution in [2.45, 2.75) is 4.52 Å². The van der Waals surface area contributed by atoms with Crippen molar-refractivity contribution in [2.24, 2.45) is 0 Å². The molecule has 1 N–H and O–H groups in total. The molecular weight excluding hydrogens is 165 g/mol. The Balaban J connectivity index is 3.97. The summed E-state index contributed by atoms with van der Waals surface area (Å²) in [4.78, 5) is 0. The van der Waals surface area contributed by atoms with Gasteiger partial charge in [-0.15, -0.1) is 0 Å². The van der Waals surface area contributed by atoms with Crippen LogP contribution in [0.3, 0.4) is 0 Å². The lowest BCUT2D eigenvalue weighted by atomic mass is 10.7. The van der Waals surface area contributed by atoms with Gasteiger partial charge in [0.15, 0.2) is 0 Å². The molecular formula is C4H7Cl2NO2. The second kappa shape index (κ2) is 3.25. The van der Waals surface area contributed by atoms with Gasteiger partial charge in [-0.05, 0) is 0 Å². The minimum atomic E-state index is -1.64. The number of hydrogen-bond donors (Lipinski definition) is 1. The molecule has 0 rings (SSSR count). The Morgan fingerprint density at radius 1 is 1.44 bits per heavy atom. The van der Waals surface area contributed by atoms with Crippen LogP contribution in [0.2, 0.25) is 0 Å². The van der Waals surface area contributed by atoms with Crippen LogP contribution in [0.1, 0.15) is 0 Å². The fourth-order valence-electron chi connectivity index (χ4n) is 0.212. The first kappa shape index (κ1) is 9.01. The molecule has 0 amide bonds. The number of halogens is 2. The highest BCUT2D eigenvalue weighted by Crippen LogP contribution is 2.22. The van der Waals surface area contributed by atoms with Gasteiger partial charge in [-0.25, -0.2) is 0 Å². The van der Waals surface area contributed by atoms with Crippen molar-refractivity contribution in [3.63, 3.8) is 0 Å².